The van der Waals surface area contributed by atoms with Gasteiger partial charge in [0.2, 0.25) is 5.91 Å². The zero-order chi connectivity index (χ0) is 21.0. The lowest BCUT2D eigenvalue weighted by Gasteiger charge is -2.23. The van der Waals surface area contributed by atoms with E-state index in [-0.39, 0.29) is 24.1 Å². The van der Waals surface area contributed by atoms with Gasteiger partial charge >= 0.3 is 0 Å². The van der Waals surface area contributed by atoms with Crippen molar-refractivity contribution in [3.63, 3.8) is 0 Å². The first kappa shape index (κ1) is 20.7. The first-order valence-electron chi connectivity index (χ1n) is 9.24. The van der Waals surface area contributed by atoms with Gasteiger partial charge in [0.1, 0.15) is 17.6 Å². The Morgan fingerprint density at radius 1 is 1.17 bits per heavy atom. The monoisotopic (exact) mass is 415 g/mol. The Bertz CT molecular complexity index is 902. The second kappa shape index (κ2) is 9.00. The number of halogens is 1. The number of hydrogen-bond donors (Lipinski definition) is 1. The maximum Gasteiger partial charge on any atom is 0.251 e. The number of nitrogens with zero attached hydrogens (tertiary/aromatic N) is 2. The number of carbonyl (C=O) groups is 2. The molecule has 152 valence electrons. The summed E-state index contributed by atoms with van der Waals surface area (Å²) in [5.41, 5.74) is 1.42. The van der Waals surface area contributed by atoms with E-state index in [1.807, 2.05) is 6.92 Å². The Hall–Kier alpha value is -3.00. The number of carbonyl (C=O) groups excluding carboxylic acids is 2. The largest absolute Gasteiger partial charge is 0.494 e. The summed E-state index contributed by atoms with van der Waals surface area (Å²) in [6, 6.07) is 12.3. The number of anilines is 1. The summed E-state index contributed by atoms with van der Waals surface area (Å²) >= 11 is 5.38. The molecule has 1 saturated heterocycles. The Balaban J connectivity index is 1.68. The van der Waals surface area contributed by atoms with E-state index >= 15 is 0 Å². The number of amides is 2. The quantitative estimate of drug-likeness (QED) is 0.704. The van der Waals surface area contributed by atoms with Gasteiger partial charge in [0.05, 0.1) is 13.0 Å². The minimum Gasteiger partial charge on any atom is -0.494 e. The van der Waals surface area contributed by atoms with Crippen LogP contribution in [-0.4, -0.2) is 46.4 Å². The number of rotatable bonds is 7. The molecule has 1 aliphatic rings. The average molecular weight is 415 g/mol. The Kier molecular flexibility index (Phi) is 6.43. The Morgan fingerprint density at radius 3 is 2.45 bits per heavy atom. The SMILES string of the molecule is CCOc1ccc(NC(=O)CC2C(=O)N(C)C(=S)N2Cc2ccc(F)cc2)cc1. The van der Waals surface area contributed by atoms with Gasteiger partial charge in [-0.1, -0.05) is 12.1 Å². The molecule has 2 aromatic rings. The molecule has 29 heavy (non-hydrogen) atoms. The molecule has 1 atom stereocenters. The lowest BCUT2D eigenvalue weighted by Crippen LogP contribution is -2.37. The van der Waals surface area contributed by atoms with Crippen LogP contribution in [0.15, 0.2) is 48.5 Å². The highest BCUT2D eigenvalue weighted by atomic mass is 32.1. The minimum absolute atomic E-state index is 0.0439. The first-order chi connectivity index (χ1) is 13.9. The second-order valence-electron chi connectivity index (χ2n) is 6.66. The van der Waals surface area contributed by atoms with E-state index in [4.69, 9.17) is 17.0 Å². The second-order valence-corrected chi connectivity index (χ2v) is 7.02. The molecule has 8 heteroatoms. The fraction of sp³-hybridized carbons (Fsp3) is 0.286. The van der Waals surface area contributed by atoms with E-state index in [9.17, 15) is 14.0 Å². The van der Waals surface area contributed by atoms with E-state index in [1.165, 1.54) is 17.0 Å². The number of nitrogens with one attached hydrogen (secondary N) is 1. The van der Waals surface area contributed by atoms with Crippen molar-refractivity contribution in [3.05, 3.63) is 59.9 Å². The summed E-state index contributed by atoms with van der Waals surface area (Å²) in [6.45, 7) is 2.77. The van der Waals surface area contributed by atoms with Crippen LogP contribution in [0.4, 0.5) is 10.1 Å². The normalized spacial score (nSPS) is 16.3. The molecule has 1 N–H and O–H groups in total. The van der Waals surface area contributed by atoms with Crippen LogP contribution in [0, 0.1) is 5.82 Å². The van der Waals surface area contributed by atoms with Crippen LogP contribution in [0.2, 0.25) is 0 Å². The number of thiocarbonyl (C=S) groups is 1. The molecule has 3 rings (SSSR count). The number of hydrogen-bond acceptors (Lipinski definition) is 4. The van der Waals surface area contributed by atoms with Gasteiger partial charge in [-0.05, 0) is 61.1 Å². The highest BCUT2D eigenvalue weighted by Crippen LogP contribution is 2.23. The molecule has 1 fully saturated rings. The average Bonchev–Trinajstić information content (AvgIpc) is 2.89. The fourth-order valence-electron chi connectivity index (χ4n) is 3.13. The van der Waals surface area contributed by atoms with E-state index in [0.29, 0.717) is 29.7 Å². The summed E-state index contributed by atoms with van der Waals surface area (Å²) in [4.78, 5) is 28.2. The van der Waals surface area contributed by atoms with E-state index in [2.05, 4.69) is 5.32 Å². The van der Waals surface area contributed by atoms with Crippen molar-refractivity contribution >= 4 is 34.8 Å². The smallest absolute Gasteiger partial charge is 0.251 e. The van der Waals surface area contributed by atoms with Crippen LogP contribution in [0.1, 0.15) is 18.9 Å². The predicted molar refractivity (Wildman–Crippen MR) is 112 cm³/mol. The maximum atomic E-state index is 13.2. The molecule has 6 nitrogen and oxygen atoms in total. The molecule has 0 aliphatic carbocycles. The van der Waals surface area contributed by atoms with Crippen LogP contribution in [0.3, 0.4) is 0 Å². The first-order valence-corrected chi connectivity index (χ1v) is 9.65. The Morgan fingerprint density at radius 2 is 1.83 bits per heavy atom. The highest BCUT2D eigenvalue weighted by molar-refractivity contribution is 7.80. The number of benzene rings is 2. The third-order valence-corrected chi connectivity index (χ3v) is 5.13. The van der Waals surface area contributed by atoms with Crippen molar-refractivity contribution in [2.24, 2.45) is 0 Å². The standard InChI is InChI=1S/C21H22FN3O3S/c1-3-28-17-10-8-16(9-11-17)23-19(26)12-18-20(27)24(2)21(29)25(18)13-14-4-6-15(22)7-5-14/h4-11,18H,3,12-13H2,1-2H3,(H,23,26). The van der Waals surface area contributed by atoms with Crippen LogP contribution in [-0.2, 0) is 16.1 Å². The van der Waals surface area contributed by atoms with Crippen molar-refractivity contribution in [1.29, 1.82) is 0 Å². The summed E-state index contributed by atoms with van der Waals surface area (Å²) in [5.74, 6) is -0.153. The van der Waals surface area contributed by atoms with Gasteiger partial charge in [-0.2, -0.15) is 0 Å². The molecular formula is C21H22FN3O3S. The minimum atomic E-state index is -0.708. The van der Waals surface area contributed by atoms with Crippen LogP contribution in [0.25, 0.3) is 0 Å². The molecule has 1 unspecified atom stereocenters. The van der Waals surface area contributed by atoms with Crippen LogP contribution in [0.5, 0.6) is 5.75 Å². The molecule has 2 aromatic carbocycles. The van der Waals surface area contributed by atoms with E-state index in [0.717, 1.165) is 5.56 Å². The van der Waals surface area contributed by atoms with E-state index < -0.39 is 6.04 Å². The van der Waals surface area contributed by atoms with Crippen LogP contribution >= 0.6 is 12.2 Å². The van der Waals surface area contributed by atoms with Gasteiger partial charge in [0.15, 0.2) is 5.11 Å². The predicted octanol–water partition coefficient (Wildman–Crippen LogP) is 3.18. The van der Waals surface area contributed by atoms with Gasteiger partial charge in [-0.15, -0.1) is 0 Å². The van der Waals surface area contributed by atoms with Crippen molar-refractivity contribution < 1.29 is 18.7 Å². The summed E-state index contributed by atoms with van der Waals surface area (Å²) in [6.07, 6.45) is -0.0439. The van der Waals surface area contributed by atoms with Crippen LogP contribution < -0.4 is 10.1 Å². The van der Waals surface area contributed by atoms with Crippen molar-refractivity contribution in [2.45, 2.75) is 25.9 Å². The third-order valence-electron chi connectivity index (χ3n) is 4.62. The molecule has 0 radical (unpaired) electrons. The van der Waals surface area contributed by atoms with Gasteiger partial charge in [-0.3, -0.25) is 14.5 Å². The van der Waals surface area contributed by atoms with E-state index in [1.54, 1.807) is 48.3 Å². The lowest BCUT2D eigenvalue weighted by molar-refractivity contribution is -0.130. The third kappa shape index (κ3) is 4.89. The maximum absolute atomic E-state index is 13.2. The summed E-state index contributed by atoms with van der Waals surface area (Å²) < 4.78 is 18.5. The number of ether oxygens (including phenoxy) is 1. The summed E-state index contributed by atoms with van der Waals surface area (Å²) in [5, 5.41) is 3.14. The van der Waals surface area contributed by atoms with Gasteiger partial charge in [0.25, 0.3) is 5.91 Å². The van der Waals surface area contributed by atoms with Crippen molar-refractivity contribution in [2.75, 3.05) is 19.0 Å². The molecular weight excluding hydrogens is 393 g/mol. The highest BCUT2D eigenvalue weighted by Gasteiger charge is 2.41. The molecule has 0 saturated carbocycles. The molecule has 1 aliphatic heterocycles. The lowest BCUT2D eigenvalue weighted by atomic mass is 10.1. The zero-order valence-corrected chi connectivity index (χ0v) is 17.0. The van der Waals surface area contributed by atoms with Crippen molar-refractivity contribution in [3.8, 4) is 5.75 Å². The van der Waals surface area contributed by atoms with Gasteiger partial charge in [-0.25, -0.2) is 4.39 Å². The zero-order valence-electron chi connectivity index (χ0n) is 16.2. The summed E-state index contributed by atoms with van der Waals surface area (Å²) in [7, 11) is 1.59. The topological polar surface area (TPSA) is 61.9 Å². The Labute approximate surface area is 174 Å². The number of likely N-dealkylation sites (N-methyl/N-ethyl adjacent to an activating group) is 1. The molecule has 0 bridgehead atoms. The van der Waals surface area contributed by atoms with Crippen molar-refractivity contribution in [1.82, 2.24) is 9.80 Å². The molecule has 1 heterocycles. The molecule has 2 amide bonds. The fourth-order valence-corrected chi connectivity index (χ4v) is 3.41. The molecule has 0 aromatic heterocycles. The van der Waals surface area contributed by atoms with Gasteiger partial charge < -0.3 is 15.0 Å². The molecule has 0 spiro atoms. The van der Waals surface area contributed by atoms with Gasteiger partial charge in [0, 0.05) is 19.3 Å².